The normalized spacial score (nSPS) is 11.9. The van der Waals surface area contributed by atoms with E-state index in [1.807, 2.05) is 6.07 Å². The predicted molar refractivity (Wildman–Crippen MR) is 69.3 cm³/mol. The van der Waals surface area contributed by atoms with Gasteiger partial charge >= 0.3 is 0 Å². The molecule has 0 unspecified atom stereocenters. The fourth-order valence-corrected chi connectivity index (χ4v) is 1.59. The summed E-state index contributed by atoms with van der Waals surface area (Å²) in [5.74, 6) is 6.31. The van der Waals surface area contributed by atoms with Gasteiger partial charge in [-0.3, -0.25) is 4.99 Å². The van der Waals surface area contributed by atoms with E-state index in [0.29, 0.717) is 6.04 Å². The molecule has 1 aromatic carbocycles. The Kier molecular flexibility index (Phi) is 5.57. The monoisotopic (exact) mass is 219 g/mol. The van der Waals surface area contributed by atoms with E-state index in [0.717, 1.165) is 25.1 Å². The average Bonchev–Trinajstić information content (AvgIpc) is 2.28. The number of benzene rings is 1. The van der Waals surface area contributed by atoms with Crippen LogP contribution in [0.4, 0.5) is 0 Å². The first-order chi connectivity index (χ1) is 7.72. The highest BCUT2D eigenvalue weighted by Crippen LogP contribution is 2.05. The van der Waals surface area contributed by atoms with E-state index < -0.39 is 0 Å². The molecule has 0 heterocycles. The van der Waals surface area contributed by atoms with Crippen LogP contribution in [0.3, 0.4) is 0 Å². The highest BCUT2D eigenvalue weighted by atomic mass is 15.2. The predicted octanol–water partition coefficient (Wildman–Crippen LogP) is 2.28. The fraction of sp³-hybridized carbons (Fsp3) is 0.462. The van der Waals surface area contributed by atoms with Crippen LogP contribution in [-0.2, 0) is 6.42 Å². The third-order valence-electron chi connectivity index (χ3n) is 2.30. The average molecular weight is 219 g/mol. The number of rotatable bonds is 5. The largest absolute Gasteiger partial charge is 0.312 e. The Labute approximate surface area is 97.7 Å². The fourth-order valence-electron chi connectivity index (χ4n) is 1.59. The smallest absolute Gasteiger partial charge is 0.111 e. The quantitative estimate of drug-likeness (QED) is 0.345. The lowest BCUT2D eigenvalue weighted by Crippen LogP contribution is -2.31. The molecule has 16 heavy (non-hydrogen) atoms. The summed E-state index contributed by atoms with van der Waals surface area (Å²) in [6.45, 7) is 4.10. The Hall–Kier alpha value is -1.35. The molecule has 0 saturated heterocycles. The van der Waals surface area contributed by atoms with E-state index in [2.05, 4.69) is 48.5 Å². The first-order valence-electron chi connectivity index (χ1n) is 5.79. The number of nitrogens with two attached hydrogens (primary N) is 1. The number of hydrazine groups is 1. The van der Waals surface area contributed by atoms with Crippen LogP contribution in [0.5, 0.6) is 0 Å². The number of aliphatic imine (C=N–C) groups is 1. The maximum Gasteiger partial charge on any atom is 0.111 e. The summed E-state index contributed by atoms with van der Waals surface area (Å²) in [6, 6.07) is 10.8. The van der Waals surface area contributed by atoms with Crippen molar-refractivity contribution < 1.29 is 0 Å². The topological polar surface area (TPSA) is 50.4 Å². The van der Waals surface area contributed by atoms with Gasteiger partial charge in [0.25, 0.3) is 0 Å². The standard InChI is InChI=1S/C13H21N3/c1-11(2)15-13(16-14)10-6-9-12-7-4-3-5-8-12/h3-5,7-8,11H,6,9-10,14H2,1-2H3,(H,15,16). The van der Waals surface area contributed by atoms with Crippen molar-refractivity contribution in [3.05, 3.63) is 35.9 Å². The van der Waals surface area contributed by atoms with Crippen molar-refractivity contribution in [2.24, 2.45) is 10.8 Å². The van der Waals surface area contributed by atoms with Gasteiger partial charge in [-0.2, -0.15) is 0 Å². The van der Waals surface area contributed by atoms with Crippen molar-refractivity contribution in [2.45, 2.75) is 39.2 Å². The molecule has 3 nitrogen and oxygen atoms in total. The minimum atomic E-state index is 0.294. The number of hydrogen-bond donors (Lipinski definition) is 2. The van der Waals surface area contributed by atoms with Crippen LogP contribution in [0.1, 0.15) is 32.3 Å². The number of hydrogen-bond acceptors (Lipinski definition) is 2. The summed E-state index contributed by atoms with van der Waals surface area (Å²) < 4.78 is 0. The molecule has 0 radical (unpaired) electrons. The summed E-state index contributed by atoms with van der Waals surface area (Å²) >= 11 is 0. The Bertz CT molecular complexity index is 317. The van der Waals surface area contributed by atoms with Crippen LogP contribution < -0.4 is 11.3 Å². The van der Waals surface area contributed by atoms with Crippen LogP contribution in [0.15, 0.2) is 35.3 Å². The number of amidine groups is 1. The van der Waals surface area contributed by atoms with E-state index in [1.54, 1.807) is 0 Å². The SMILES string of the molecule is CC(C)N=C(CCCc1ccccc1)NN. The zero-order chi connectivity index (χ0) is 11.8. The first-order valence-corrected chi connectivity index (χ1v) is 5.79. The van der Waals surface area contributed by atoms with Gasteiger partial charge in [0.2, 0.25) is 0 Å². The molecule has 0 saturated carbocycles. The van der Waals surface area contributed by atoms with Crippen LogP contribution in [0.25, 0.3) is 0 Å². The van der Waals surface area contributed by atoms with Gasteiger partial charge in [-0.05, 0) is 32.3 Å². The summed E-state index contributed by atoms with van der Waals surface area (Å²) in [5, 5.41) is 0. The molecule has 1 aromatic rings. The van der Waals surface area contributed by atoms with Crippen molar-refractivity contribution in [1.82, 2.24) is 5.43 Å². The molecule has 88 valence electrons. The van der Waals surface area contributed by atoms with Gasteiger partial charge in [0.1, 0.15) is 5.84 Å². The van der Waals surface area contributed by atoms with Crippen molar-refractivity contribution in [3.8, 4) is 0 Å². The number of aryl methyl sites for hydroxylation is 1. The van der Waals surface area contributed by atoms with Gasteiger partial charge in [-0.1, -0.05) is 30.3 Å². The lowest BCUT2D eigenvalue weighted by molar-refractivity contribution is 0.779. The van der Waals surface area contributed by atoms with Gasteiger partial charge < -0.3 is 5.43 Å². The Balaban J connectivity index is 2.34. The van der Waals surface area contributed by atoms with E-state index in [1.165, 1.54) is 5.56 Å². The van der Waals surface area contributed by atoms with Crippen molar-refractivity contribution in [1.29, 1.82) is 0 Å². The summed E-state index contributed by atoms with van der Waals surface area (Å²) in [6.07, 6.45) is 3.04. The second-order valence-electron chi connectivity index (χ2n) is 4.15. The second-order valence-corrected chi connectivity index (χ2v) is 4.15. The third-order valence-corrected chi connectivity index (χ3v) is 2.30. The molecular formula is C13H21N3. The summed E-state index contributed by atoms with van der Waals surface area (Å²) in [4.78, 5) is 4.41. The zero-order valence-electron chi connectivity index (χ0n) is 10.1. The lowest BCUT2D eigenvalue weighted by atomic mass is 10.1. The van der Waals surface area contributed by atoms with E-state index >= 15 is 0 Å². The van der Waals surface area contributed by atoms with Gasteiger partial charge in [0.05, 0.1) is 0 Å². The van der Waals surface area contributed by atoms with Gasteiger partial charge in [-0.25, -0.2) is 5.84 Å². The van der Waals surface area contributed by atoms with Crippen LogP contribution in [0.2, 0.25) is 0 Å². The molecule has 0 spiro atoms. The maximum absolute atomic E-state index is 5.42. The molecule has 0 amide bonds. The van der Waals surface area contributed by atoms with E-state index in [9.17, 15) is 0 Å². The molecule has 0 aliphatic carbocycles. The molecule has 3 heteroatoms. The summed E-state index contributed by atoms with van der Waals surface area (Å²) in [5.41, 5.74) is 4.03. The minimum Gasteiger partial charge on any atom is -0.312 e. The highest BCUT2D eigenvalue weighted by molar-refractivity contribution is 5.81. The Morgan fingerprint density at radius 1 is 1.31 bits per heavy atom. The van der Waals surface area contributed by atoms with Gasteiger partial charge in [0, 0.05) is 12.5 Å². The first kappa shape index (κ1) is 12.7. The van der Waals surface area contributed by atoms with Crippen LogP contribution in [-0.4, -0.2) is 11.9 Å². The molecule has 0 bridgehead atoms. The summed E-state index contributed by atoms with van der Waals surface area (Å²) in [7, 11) is 0. The maximum atomic E-state index is 5.42. The van der Waals surface area contributed by atoms with Crippen LogP contribution in [0, 0.1) is 0 Å². The number of nitrogens with one attached hydrogen (secondary N) is 1. The van der Waals surface area contributed by atoms with Gasteiger partial charge in [-0.15, -0.1) is 0 Å². The zero-order valence-corrected chi connectivity index (χ0v) is 10.1. The second kappa shape index (κ2) is 7.01. The minimum absolute atomic E-state index is 0.294. The van der Waals surface area contributed by atoms with E-state index in [-0.39, 0.29) is 0 Å². The number of nitrogens with zero attached hydrogens (tertiary/aromatic N) is 1. The molecule has 0 aliphatic rings. The molecule has 3 N–H and O–H groups in total. The molecule has 0 aromatic heterocycles. The van der Waals surface area contributed by atoms with Crippen molar-refractivity contribution in [3.63, 3.8) is 0 Å². The Morgan fingerprint density at radius 2 is 2.00 bits per heavy atom. The third kappa shape index (κ3) is 4.94. The van der Waals surface area contributed by atoms with Crippen LogP contribution >= 0.6 is 0 Å². The molecular weight excluding hydrogens is 198 g/mol. The van der Waals surface area contributed by atoms with Crippen molar-refractivity contribution in [2.75, 3.05) is 0 Å². The Morgan fingerprint density at radius 3 is 2.56 bits per heavy atom. The van der Waals surface area contributed by atoms with Gasteiger partial charge in [0.15, 0.2) is 0 Å². The van der Waals surface area contributed by atoms with E-state index in [4.69, 9.17) is 5.84 Å². The molecule has 1 rings (SSSR count). The lowest BCUT2D eigenvalue weighted by Gasteiger charge is -2.07. The highest BCUT2D eigenvalue weighted by Gasteiger charge is 1.99. The molecule has 0 fully saturated rings. The molecule has 0 atom stereocenters. The van der Waals surface area contributed by atoms with Crippen molar-refractivity contribution >= 4 is 5.84 Å². The molecule has 0 aliphatic heterocycles.